The van der Waals surface area contributed by atoms with Crippen molar-refractivity contribution in [1.82, 2.24) is 5.32 Å². The number of unbranched alkanes of at least 4 members (excludes halogenated alkanes) is 45. The fraction of sp³-hybridized carbons (Fsp3) is 0.879. The number of nitrogens with one attached hydrogen (secondary N) is 1. The van der Waals surface area contributed by atoms with Crippen molar-refractivity contribution in [3.63, 3.8) is 0 Å². The number of esters is 1. The van der Waals surface area contributed by atoms with Gasteiger partial charge >= 0.3 is 5.97 Å². The van der Waals surface area contributed by atoms with Gasteiger partial charge in [0, 0.05) is 12.8 Å². The molecule has 0 fully saturated rings. The maximum Gasteiger partial charge on any atom is 0.305 e. The van der Waals surface area contributed by atoms with Crippen molar-refractivity contribution in [2.45, 2.75) is 360 Å². The molecule has 0 saturated heterocycles. The lowest BCUT2D eigenvalue weighted by atomic mass is 10.0. The third-order valence-electron chi connectivity index (χ3n) is 14.9. The minimum atomic E-state index is -0.851. The largest absolute Gasteiger partial charge is 0.466 e. The summed E-state index contributed by atoms with van der Waals surface area (Å²) in [6.07, 6.45) is 77.6. The molecule has 0 aliphatic heterocycles. The first-order valence-electron chi connectivity index (χ1n) is 32.3. The molecule has 0 aliphatic rings. The van der Waals surface area contributed by atoms with Crippen LogP contribution in [0.15, 0.2) is 36.5 Å². The van der Waals surface area contributed by atoms with Crippen molar-refractivity contribution >= 4 is 11.9 Å². The molecule has 2 unspecified atom stereocenters. The lowest BCUT2D eigenvalue weighted by Gasteiger charge is -2.20. The molecular formula is C66H125NO5. The number of aliphatic hydroxyl groups excluding tert-OH is 2. The highest BCUT2D eigenvalue weighted by Crippen LogP contribution is 2.17. The number of hydrogen-bond donors (Lipinski definition) is 3. The molecule has 2 atom stereocenters. The van der Waals surface area contributed by atoms with E-state index < -0.39 is 12.1 Å². The van der Waals surface area contributed by atoms with E-state index >= 15 is 0 Å². The Morgan fingerprint density at radius 1 is 0.389 bits per heavy atom. The Balaban J connectivity index is 3.45. The predicted octanol–water partition coefficient (Wildman–Crippen LogP) is 20.4. The normalized spacial score (nSPS) is 12.8. The molecule has 0 aromatic carbocycles. The molecule has 424 valence electrons. The van der Waals surface area contributed by atoms with Gasteiger partial charge in [0.25, 0.3) is 0 Å². The number of allylic oxidation sites excluding steroid dienone is 5. The minimum absolute atomic E-state index is 0.0106. The van der Waals surface area contributed by atoms with Crippen LogP contribution in [0.2, 0.25) is 0 Å². The van der Waals surface area contributed by atoms with Gasteiger partial charge in [0.2, 0.25) is 5.91 Å². The maximum atomic E-state index is 12.5. The zero-order valence-corrected chi connectivity index (χ0v) is 48.4. The summed E-state index contributed by atoms with van der Waals surface area (Å²) < 4.78 is 5.49. The molecule has 0 bridgehead atoms. The van der Waals surface area contributed by atoms with E-state index in [-0.39, 0.29) is 18.5 Å². The Morgan fingerprint density at radius 2 is 0.694 bits per heavy atom. The summed E-state index contributed by atoms with van der Waals surface area (Å²) in [5.41, 5.74) is 0. The highest BCUT2D eigenvalue weighted by molar-refractivity contribution is 5.76. The number of aliphatic hydroxyl groups is 2. The SMILES string of the molecule is CCCCCCCCCCCCCCC/C=C/C(O)C(CO)NC(=O)CCCCCCCCC/C=C\C/C=C\CCCCCCCCCCCOC(=O)CCCCCCCCCCCCCCCCCCC. The quantitative estimate of drug-likeness (QED) is 0.0320. The number of amides is 1. The van der Waals surface area contributed by atoms with Gasteiger partial charge in [0.1, 0.15) is 0 Å². The second-order valence-electron chi connectivity index (χ2n) is 22.1. The lowest BCUT2D eigenvalue weighted by Crippen LogP contribution is -2.45. The fourth-order valence-electron chi connectivity index (χ4n) is 9.96. The molecule has 0 saturated carbocycles. The third kappa shape index (κ3) is 57.4. The molecule has 72 heavy (non-hydrogen) atoms. The fourth-order valence-corrected chi connectivity index (χ4v) is 9.96. The summed E-state index contributed by atoms with van der Waals surface area (Å²) in [7, 11) is 0. The Labute approximate surface area is 449 Å². The van der Waals surface area contributed by atoms with Crippen molar-refractivity contribution in [1.29, 1.82) is 0 Å². The van der Waals surface area contributed by atoms with Crippen molar-refractivity contribution in [2.24, 2.45) is 0 Å². The van der Waals surface area contributed by atoms with Gasteiger partial charge in [-0.15, -0.1) is 0 Å². The Kier molecular flexibility index (Phi) is 60.0. The standard InChI is InChI=1S/C66H125NO5/c1-3-5-7-9-11-13-15-17-19-27-32-36-40-44-48-52-56-60-66(71)72-61-57-53-49-45-41-37-33-29-26-24-22-20-21-23-25-28-31-35-39-43-47-51-55-59-65(70)67-63(62-68)64(69)58-54-50-46-42-38-34-30-18-16-14-12-10-8-6-4-2/h20,22-23,25,54,58,63-64,68-69H,3-19,21,24,26-53,55-57,59-62H2,1-2H3,(H,67,70)/b22-20-,25-23-,58-54+. The van der Waals surface area contributed by atoms with E-state index in [2.05, 4.69) is 43.5 Å². The summed E-state index contributed by atoms with van der Waals surface area (Å²) in [4.78, 5) is 24.5. The molecule has 3 N–H and O–H groups in total. The van der Waals surface area contributed by atoms with Gasteiger partial charge in [-0.2, -0.15) is 0 Å². The Hall–Kier alpha value is -1.92. The Morgan fingerprint density at radius 3 is 1.06 bits per heavy atom. The summed E-state index contributed by atoms with van der Waals surface area (Å²) in [5, 5.41) is 23.1. The summed E-state index contributed by atoms with van der Waals surface area (Å²) in [6, 6.07) is -0.636. The zero-order chi connectivity index (χ0) is 52.2. The highest BCUT2D eigenvalue weighted by Gasteiger charge is 2.18. The molecule has 1 amide bonds. The third-order valence-corrected chi connectivity index (χ3v) is 14.9. The van der Waals surface area contributed by atoms with Crippen molar-refractivity contribution in [2.75, 3.05) is 13.2 Å². The number of rotatable bonds is 60. The Bertz CT molecular complexity index is 1170. The van der Waals surface area contributed by atoms with Gasteiger partial charge in [0.15, 0.2) is 0 Å². The molecule has 6 nitrogen and oxygen atoms in total. The smallest absolute Gasteiger partial charge is 0.305 e. The van der Waals surface area contributed by atoms with Crippen LogP contribution in [0, 0.1) is 0 Å². The first kappa shape index (κ1) is 70.1. The van der Waals surface area contributed by atoms with Gasteiger partial charge in [0.05, 0.1) is 25.4 Å². The van der Waals surface area contributed by atoms with E-state index in [0.29, 0.717) is 19.4 Å². The van der Waals surface area contributed by atoms with Crippen molar-refractivity contribution in [3.8, 4) is 0 Å². The van der Waals surface area contributed by atoms with Gasteiger partial charge in [-0.05, 0) is 64.2 Å². The van der Waals surface area contributed by atoms with E-state index in [1.165, 1.54) is 263 Å². The van der Waals surface area contributed by atoms with Crippen LogP contribution in [0.3, 0.4) is 0 Å². The summed E-state index contributed by atoms with van der Waals surface area (Å²) in [5.74, 6) is -0.0666. The van der Waals surface area contributed by atoms with E-state index in [4.69, 9.17) is 4.74 Å². The van der Waals surface area contributed by atoms with Gasteiger partial charge < -0.3 is 20.3 Å². The van der Waals surface area contributed by atoms with Crippen LogP contribution in [0.25, 0.3) is 0 Å². The predicted molar refractivity (Wildman–Crippen MR) is 315 cm³/mol. The number of carbonyl (C=O) groups excluding carboxylic acids is 2. The second-order valence-corrected chi connectivity index (χ2v) is 22.1. The maximum absolute atomic E-state index is 12.5. The van der Waals surface area contributed by atoms with Crippen LogP contribution in [0.4, 0.5) is 0 Å². The minimum Gasteiger partial charge on any atom is -0.466 e. The van der Waals surface area contributed by atoms with Crippen LogP contribution in [0.1, 0.15) is 348 Å². The average Bonchev–Trinajstić information content (AvgIpc) is 3.38. The van der Waals surface area contributed by atoms with E-state index in [9.17, 15) is 19.8 Å². The van der Waals surface area contributed by atoms with Crippen LogP contribution < -0.4 is 5.32 Å². The number of ether oxygens (including phenoxy) is 1. The number of carbonyl (C=O) groups is 2. The lowest BCUT2D eigenvalue weighted by molar-refractivity contribution is -0.143. The first-order chi connectivity index (χ1) is 35.5. The van der Waals surface area contributed by atoms with Gasteiger partial charge in [-0.25, -0.2) is 0 Å². The van der Waals surface area contributed by atoms with Crippen LogP contribution in [0.5, 0.6) is 0 Å². The topological polar surface area (TPSA) is 95.9 Å². The molecule has 0 rings (SSSR count). The van der Waals surface area contributed by atoms with E-state index in [1.807, 2.05) is 6.08 Å². The van der Waals surface area contributed by atoms with Crippen molar-refractivity contribution in [3.05, 3.63) is 36.5 Å². The van der Waals surface area contributed by atoms with E-state index in [1.54, 1.807) is 6.08 Å². The van der Waals surface area contributed by atoms with Crippen LogP contribution in [-0.2, 0) is 14.3 Å². The molecule has 6 heteroatoms. The summed E-state index contributed by atoms with van der Waals surface area (Å²) in [6.45, 7) is 4.92. The van der Waals surface area contributed by atoms with Crippen LogP contribution >= 0.6 is 0 Å². The molecule has 0 spiro atoms. The molecule has 0 radical (unpaired) electrons. The van der Waals surface area contributed by atoms with Crippen molar-refractivity contribution < 1.29 is 24.5 Å². The highest BCUT2D eigenvalue weighted by atomic mass is 16.5. The molecular weight excluding hydrogens is 887 g/mol. The second kappa shape index (κ2) is 61.6. The average molecular weight is 1010 g/mol. The number of hydrogen-bond acceptors (Lipinski definition) is 5. The molecule has 0 aliphatic carbocycles. The molecule has 0 aromatic rings. The zero-order valence-electron chi connectivity index (χ0n) is 48.4. The summed E-state index contributed by atoms with van der Waals surface area (Å²) >= 11 is 0. The van der Waals surface area contributed by atoms with E-state index in [0.717, 1.165) is 57.8 Å². The monoisotopic (exact) mass is 1010 g/mol. The first-order valence-corrected chi connectivity index (χ1v) is 32.3. The van der Waals surface area contributed by atoms with Gasteiger partial charge in [-0.3, -0.25) is 9.59 Å². The molecule has 0 aromatic heterocycles. The molecule has 0 heterocycles. The van der Waals surface area contributed by atoms with Crippen LogP contribution in [-0.4, -0.2) is 47.4 Å². The van der Waals surface area contributed by atoms with Gasteiger partial charge in [-0.1, -0.05) is 307 Å².